The van der Waals surface area contributed by atoms with E-state index in [9.17, 15) is 10.2 Å². The first-order valence-electron chi connectivity index (χ1n) is 7.81. The lowest BCUT2D eigenvalue weighted by Crippen LogP contribution is -2.31. The molecule has 0 saturated heterocycles. The van der Waals surface area contributed by atoms with Crippen LogP contribution < -0.4 is 0 Å². The molecule has 5 nitrogen and oxygen atoms in total. The molecule has 0 radical (unpaired) electrons. The van der Waals surface area contributed by atoms with E-state index >= 15 is 0 Å². The van der Waals surface area contributed by atoms with Gasteiger partial charge in [0.15, 0.2) is 5.79 Å². The van der Waals surface area contributed by atoms with Gasteiger partial charge in [-0.25, -0.2) is 4.98 Å². The van der Waals surface area contributed by atoms with Crippen LogP contribution in [-0.2, 0) is 0 Å². The van der Waals surface area contributed by atoms with Crippen LogP contribution in [0.15, 0.2) is 82.7 Å². The summed E-state index contributed by atoms with van der Waals surface area (Å²) < 4.78 is 1.04. The molecule has 25 heavy (non-hydrogen) atoms. The first-order valence-corrected chi connectivity index (χ1v) is 8.62. The number of aromatic nitrogens is 1. The van der Waals surface area contributed by atoms with Crippen LogP contribution in [0.3, 0.4) is 0 Å². The van der Waals surface area contributed by atoms with Gasteiger partial charge in [0.25, 0.3) is 0 Å². The molecule has 0 fully saturated rings. The second-order valence-electron chi connectivity index (χ2n) is 5.76. The van der Waals surface area contributed by atoms with E-state index in [2.05, 4.69) is 15.2 Å². The van der Waals surface area contributed by atoms with Gasteiger partial charge in [-0.1, -0.05) is 59.9 Å². The molecule has 0 spiro atoms. The molecule has 0 amide bonds. The van der Waals surface area contributed by atoms with Crippen molar-refractivity contribution in [2.75, 3.05) is 0 Å². The van der Waals surface area contributed by atoms with Crippen LogP contribution in [0.2, 0.25) is 0 Å². The molecule has 1 heterocycles. The largest absolute Gasteiger partial charge is 0.362 e. The molecule has 1 aliphatic rings. The third-order valence-corrected chi connectivity index (χ3v) is 4.85. The van der Waals surface area contributed by atoms with Crippen molar-refractivity contribution in [1.82, 2.24) is 4.98 Å². The first kappa shape index (κ1) is 15.8. The zero-order chi connectivity index (χ0) is 17.3. The number of azo groups is 1. The summed E-state index contributed by atoms with van der Waals surface area (Å²) in [5.41, 5.74) is 2.59. The van der Waals surface area contributed by atoms with Crippen molar-refractivity contribution in [1.29, 1.82) is 0 Å². The summed E-state index contributed by atoms with van der Waals surface area (Å²) in [5, 5.41) is 29.6. The smallest absolute Gasteiger partial charge is 0.231 e. The number of hydrogen-bond donors (Lipinski definition) is 2. The molecule has 0 saturated carbocycles. The minimum atomic E-state index is -1.97. The van der Waals surface area contributed by atoms with Crippen molar-refractivity contribution in [3.05, 3.63) is 78.0 Å². The molecule has 3 aromatic rings. The van der Waals surface area contributed by atoms with Crippen LogP contribution in [0.25, 0.3) is 15.8 Å². The van der Waals surface area contributed by atoms with Crippen molar-refractivity contribution >= 4 is 32.3 Å². The number of fused-ring (bicyclic) bond motifs is 1. The first-order chi connectivity index (χ1) is 12.1. The Balaban J connectivity index is 1.61. The van der Waals surface area contributed by atoms with Crippen LogP contribution >= 0.6 is 11.3 Å². The Bertz CT molecular complexity index is 971. The molecule has 1 aromatic heterocycles. The summed E-state index contributed by atoms with van der Waals surface area (Å²) in [6.07, 6.45) is 3.40. The van der Waals surface area contributed by atoms with E-state index in [1.54, 1.807) is 12.2 Å². The summed E-state index contributed by atoms with van der Waals surface area (Å²) in [5.74, 6) is -1.97. The number of rotatable bonds is 3. The van der Waals surface area contributed by atoms with Gasteiger partial charge in [-0.3, -0.25) is 0 Å². The van der Waals surface area contributed by atoms with Crippen LogP contribution in [0, 0.1) is 0 Å². The number of hydrogen-bond acceptors (Lipinski definition) is 6. The minimum Gasteiger partial charge on any atom is -0.362 e. The highest BCUT2D eigenvalue weighted by atomic mass is 32.1. The summed E-state index contributed by atoms with van der Waals surface area (Å²) >= 11 is 1.44. The predicted octanol–water partition coefficient (Wildman–Crippen LogP) is 4.43. The molecule has 2 N–H and O–H groups in total. The number of benzene rings is 2. The zero-order valence-corrected chi connectivity index (χ0v) is 14.0. The lowest BCUT2D eigenvalue weighted by Gasteiger charge is -2.27. The summed E-state index contributed by atoms with van der Waals surface area (Å²) in [6.45, 7) is 0. The maximum absolute atomic E-state index is 10.4. The number of allylic oxidation sites excluding steroid dienone is 2. The van der Waals surface area contributed by atoms with Crippen molar-refractivity contribution in [2.24, 2.45) is 10.2 Å². The Morgan fingerprint density at radius 2 is 1.68 bits per heavy atom. The quantitative estimate of drug-likeness (QED) is 0.542. The van der Waals surface area contributed by atoms with Gasteiger partial charge in [0, 0.05) is 5.57 Å². The summed E-state index contributed by atoms with van der Waals surface area (Å²) in [4.78, 5) is 4.39. The molecule has 124 valence electrons. The third-order valence-electron chi connectivity index (χ3n) is 3.93. The van der Waals surface area contributed by atoms with E-state index in [1.807, 2.05) is 54.6 Å². The van der Waals surface area contributed by atoms with E-state index in [0.717, 1.165) is 15.8 Å². The van der Waals surface area contributed by atoms with E-state index in [1.165, 1.54) is 11.3 Å². The summed E-state index contributed by atoms with van der Waals surface area (Å²) in [7, 11) is 0. The van der Waals surface area contributed by atoms with E-state index < -0.39 is 5.79 Å². The fourth-order valence-electron chi connectivity index (χ4n) is 2.74. The number of para-hydroxylation sites is 1. The van der Waals surface area contributed by atoms with Crippen molar-refractivity contribution < 1.29 is 10.2 Å². The SMILES string of the molecule is OC1(O)CC(N=Nc2nc3ccccc3s2)=CC=C1c1ccccc1. The highest BCUT2D eigenvalue weighted by molar-refractivity contribution is 7.21. The van der Waals surface area contributed by atoms with Crippen LogP contribution in [0.4, 0.5) is 5.13 Å². The van der Waals surface area contributed by atoms with Gasteiger partial charge in [0.05, 0.1) is 22.3 Å². The molecule has 4 rings (SSSR count). The van der Waals surface area contributed by atoms with E-state index in [0.29, 0.717) is 16.4 Å². The van der Waals surface area contributed by atoms with Gasteiger partial charge in [0.2, 0.25) is 5.13 Å². The van der Waals surface area contributed by atoms with E-state index in [-0.39, 0.29) is 6.42 Å². The van der Waals surface area contributed by atoms with Crippen molar-refractivity contribution in [2.45, 2.75) is 12.2 Å². The van der Waals surface area contributed by atoms with Crippen molar-refractivity contribution in [3.8, 4) is 0 Å². The number of nitrogens with zero attached hydrogens (tertiary/aromatic N) is 3. The number of aliphatic hydroxyl groups is 2. The maximum atomic E-state index is 10.4. The third kappa shape index (κ3) is 3.28. The fraction of sp³-hybridized carbons (Fsp3) is 0.105. The average Bonchev–Trinajstić information content (AvgIpc) is 3.03. The lowest BCUT2D eigenvalue weighted by atomic mass is 9.90. The van der Waals surface area contributed by atoms with Gasteiger partial charge >= 0.3 is 0 Å². The predicted molar refractivity (Wildman–Crippen MR) is 98.4 cm³/mol. The minimum absolute atomic E-state index is 0.0257. The van der Waals surface area contributed by atoms with Gasteiger partial charge < -0.3 is 10.2 Å². The molecular weight excluding hydrogens is 334 g/mol. The topological polar surface area (TPSA) is 78.1 Å². The Kier molecular flexibility index (Phi) is 4.01. The van der Waals surface area contributed by atoms with Gasteiger partial charge in [0.1, 0.15) is 0 Å². The highest BCUT2D eigenvalue weighted by Gasteiger charge is 2.33. The molecule has 0 unspecified atom stereocenters. The van der Waals surface area contributed by atoms with Gasteiger partial charge in [-0.15, -0.1) is 5.11 Å². The molecule has 0 aliphatic heterocycles. The van der Waals surface area contributed by atoms with E-state index in [4.69, 9.17) is 0 Å². The Morgan fingerprint density at radius 1 is 0.920 bits per heavy atom. The van der Waals surface area contributed by atoms with Crippen molar-refractivity contribution in [3.63, 3.8) is 0 Å². The lowest BCUT2D eigenvalue weighted by molar-refractivity contribution is -0.107. The molecule has 1 aliphatic carbocycles. The maximum Gasteiger partial charge on any atom is 0.231 e. The van der Waals surface area contributed by atoms with Crippen LogP contribution in [-0.4, -0.2) is 21.0 Å². The Labute approximate surface area is 148 Å². The zero-order valence-electron chi connectivity index (χ0n) is 13.2. The standard InChI is InChI=1S/C19H15N3O2S/c23-19(24)12-14(10-11-15(19)13-6-2-1-3-7-13)21-22-18-20-16-8-4-5-9-17(16)25-18/h1-11,23-24H,12H2. The normalized spacial score (nSPS) is 16.9. The Morgan fingerprint density at radius 3 is 2.44 bits per heavy atom. The van der Waals surface area contributed by atoms with Gasteiger partial charge in [-0.2, -0.15) is 5.11 Å². The molecule has 0 bridgehead atoms. The summed E-state index contributed by atoms with van der Waals surface area (Å²) in [6, 6.07) is 17.1. The van der Waals surface area contributed by atoms with Crippen LogP contribution in [0.1, 0.15) is 12.0 Å². The second-order valence-corrected chi connectivity index (χ2v) is 6.77. The molecule has 6 heteroatoms. The molecular formula is C19H15N3O2S. The molecule has 2 aromatic carbocycles. The molecule has 0 atom stereocenters. The van der Waals surface area contributed by atoms with Gasteiger partial charge in [-0.05, 0) is 23.8 Å². The second kappa shape index (κ2) is 6.33. The monoisotopic (exact) mass is 349 g/mol. The fourth-order valence-corrected chi connectivity index (χ4v) is 3.53. The highest BCUT2D eigenvalue weighted by Crippen LogP contribution is 2.35. The van der Waals surface area contributed by atoms with Crippen LogP contribution in [0.5, 0.6) is 0 Å². The number of thiazole rings is 1. The average molecular weight is 349 g/mol. The Hall–Kier alpha value is -2.67.